The Kier molecular flexibility index (Phi) is 3.92. The number of carbonyl (C=O) groups excluding carboxylic acids is 1. The first-order chi connectivity index (χ1) is 9.76. The average molecular weight is 273 g/mol. The zero-order chi connectivity index (χ0) is 13.8. The van der Waals surface area contributed by atoms with Gasteiger partial charge in [0.25, 0.3) is 0 Å². The van der Waals surface area contributed by atoms with Crippen LogP contribution in [0.4, 0.5) is 4.79 Å². The molecule has 0 bridgehead atoms. The van der Waals surface area contributed by atoms with E-state index in [0.717, 1.165) is 24.9 Å². The molecule has 1 heterocycles. The number of hydrogen-bond acceptors (Lipinski definition) is 2. The maximum absolute atomic E-state index is 12.0. The van der Waals surface area contributed by atoms with E-state index < -0.39 is 0 Å². The Labute approximate surface area is 120 Å². The molecule has 0 radical (unpaired) electrons. The van der Waals surface area contributed by atoms with E-state index in [1.807, 2.05) is 30.3 Å². The van der Waals surface area contributed by atoms with Crippen LogP contribution < -0.4 is 16.0 Å². The van der Waals surface area contributed by atoms with Crippen molar-refractivity contribution in [3.63, 3.8) is 0 Å². The minimum Gasteiger partial charge on any atom is -0.335 e. The van der Waals surface area contributed by atoms with Gasteiger partial charge in [-0.05, 0) is 44.2 Å². The van der Waals surface area contributed by atoms with Gasteiger partial charge in [-0.2, -0.15) is 0 Å². The highest BCUT2D eigenvalue weighted by molar-refractivity contribution is 5.74. The summed E-state index contributed by atoms with van der Waals surface area (Å²) in [6, 6.07) is 10.3. The molecule has 1 aliphatic carbocycles. The lowest BCUT2D eigenvalue weighted by atomic mass is 9.70. The number of carbonyl (C=O) groups is 1. The summed E-state index contributed by atoms with van der Waals surface area (Å²) in [5.74, 6) is 0. The van der Waals surface area contributed by atoms with Crippen molar-refractivity contribution >= 4 is 6.03 Å². The van der Waals surface area contributed by atoms with Crippen LogP contribution in [0.2, 0.25) is 0 Å². The number of piperidine rings is 1. The van der Waals surface area contributed by atoms with Gasteiger partial charge in [-0.3, -0.25) is 0 Å². The molecule has 4 heteroatoms. The molecule has 1 unspecified atom stereocenters. The number of urea groups is 1. The topological polar surface area (TPSA) is 53.2 Å². The molecule has 108 valence electrons. The molecule has 1 saturated carbocycles. The lowest BCUT2D eigenvalue weighted by Crippen LogP contribution is -2.60. The van der Waals surface area contributed by atoms with Gasteiger partial charge < -0.3 is 16.0 Å². The third-order valence-electron chi connectivity index (χ3n) is 4.57. The highest BCUT2D eigenvalue weighted by Gasteiger charge is 2.41. The van der Waals surface area contributed by atoms with E-state index in [1.165, 1.54) is 19.3 Å². The fourth-order valence-electron chi connectivity index (χ4n) is 3.28. The van der Waals surface area contributed by atoms with Gasteiger partial charge in [-0.1, -0.05) is 30.3 Å². The molecule has 3 N–H and O–H groups in total. The van der Waals surface area contributed by atoms with Crippen LogP contribution in [0.15, 0.2) is 30.3 Å². The van der Waals surface area contributed by atoms with Gasteiger partial charge >= 0.3 is 6.03 Å². The SMILES string of the molecule is O=C(NCc1ccccc1)NC1CCNC2(CCC2)C1. The molecule has 1 saturated heterocycles. The maximum atomic E-state index is 12.0. The number of nitrogens with one attached hydrogen (secondary N) is 3. The van der Waals surface area contributed by atoms with Gasteiger partial charge in [-0.15, -0.1) is 0 Å². The minimum atomic E-state index is -0.0461. The van der Waals surface area contributed by atoms with E-state index in [0.29, 0.717) is 18.1 Å². The van der Waals surface area contributed by atoms with E-state index in [9.17, 15) is 4.79 Å². The fraction of sp³-hybridized carbons (Fsp3) is 0.562. The number of benzene rings is 1. The van der Waals surface area contributed by atoms with Crippen LogP contribution in [0.1, 0.15) is 37.7 Å². The van der Waals surface area contributed by atoms with Crippen molar-refractivity contribution in [2.75, 3.05) is 6.54 Å². The Bertz CT molecular complexity index is 456. The van der Waals surface area contributed by atoms with E-state index >= 15 is 0 Å². The maximum Gasteiger partial charge on any atom is 0.315 e. The summed E-state index contributed by atoms with van der Waals surface area (Å²) in [6.07, 6.45) is 5.94. The van der Waals surface area contributed by atoms with E-state index in [1.54, 1.807) is 0 Å². The van der Waals surface area contributed by atoms with Crippen LogP contribution in [-0.4, -0.2) is 24.2 Å². The summed E-state index contributed by atoms with van der Waals surface area (Å²) in [5.41, 5.74) is 1.46. The van der Waals surface area contributed by atoms with Crippen LogP contribution >= 0.6 is 0 Å². The Balaban J connectivity index is 1.44. The summed E-state index contributed by atoms with van der Waals surface area (Å²) >= 11 is 0. The zero-order valence-electron chi connectivity index (χ0n) is 11.8. The van der Waals surface area contributed by atoms with Crippen molar-refractivity contribution in [1.82, 2.24) is 16.0 Å². The average Bonchev–Trinajstić information content (AvgIpc) is 2.45. The van der Waals surface area contributed by atoms with Crippen LogP contribution in [-0.2, 0) is 6.54 Å². The zero-order valence-corrected chi connectivity index (χ0v) is 11.8. The second-order valence-corrected chi connectivity index (χ2v) is 6.06. The van der Waals surface area contributed by atoms with Crippen molar-refractivity contribution in [1.29, 1.82) is 0 Å². The first-order valence-corrected chi connectivity index (χ1v) is 7.59. The summed E-state index contributed by atoms with van der Waals surface area (Å²) in [6.45, 7) is 1.60. The van der Waals surface area contributed by atoms with Crippen molar-refractivity contribution in [3.8, 4) is 0 Å². The lowest BCUT2D eigenvalue weighted by molar-refractivity contribution is 0.121. The van der Waals surface area contributed by atoms with E-state index in [2.05, 4.69) is 16.0 Å². The fourth-order valence-corrected chi connectivity index (χ4v) is 3.28. The number of amides is 2. The van der Waals surface area contributed by atoms with Gasteiger partial charge in [-0.25, -0.2) is 4.79 Å². The number of rotatable bonds is 3. The monoisotopic (exact) mass is 273 g/mol. The van der Waals surface area contributed by atoms with Crippen LogP contribution in [0.3, 0.4) is 0 Å². The second-order valence-electron chi connectivity index (χ2n) is 6.06. The predicted octanol–water partition coefficient (Wildman–Crippen LogP) is 2.16. The van der Waals surface area contributed by atoms with Crippen molar-refractivity contribution in [2.45, 2.75) is 50.2 Å². The summed E-state index contributed by atoms with van der Waals surface area (Å²) in [5, 5.41) is 9.68. The van der Waals surface area contributed by atoms with E-state index in [-0.39, 0.29) is 6.03 Å². The highest BCUT2D eigenvalue weighted by Crippen LogP contribution is 2.38. The third kappa shape index (κ3) is 3.12. The van der Waals surface area contributed by atoms with Crippen molar-refractivity contribution in [3.05, 3.63) is 35.9 Å². The smallest absolute Gasteiger partial charge is 0.315 e. The third-order valence-corrected chi connectivity index (χ3v) is 4.57. The highest BCUT2D eigenvalue weighted by atomic mass is 16.2. The molecule has 20 heavy (non-hydrogen) atoms. The molecule has 4 nitrogen and oxygen atoms in total. The number of hydrogen-bond donors (Lipinski definition) is 3. The molecule has 2 fully saturated rings. The first-order valence-electron chi connectivity index (χ1n) is 7.59. The van der Waals surface area contributed by atoms with Gasteiger partial charge in [0.1, 0.15) is 0 Å². The van der Waals surface area contributed by atoms with Gasteiger partial charge in [0.2, 0.25) is 0 Å². The van der Waals surface area contributed by atoms with Gasteiger partial charge in [0.05, 0.1) is 0 Å². The molecular weight excluding hydrogens is 250 g/mol. The second kappa shape index (κ2) is 5.83. The predicted molar refractivity (Wildman–Crippen MR) is 79.4 cm³/mol. The normalized spacial score (nSPS) is 23.9. The molecule has 2 aliphatic rings. The molecule has 3 rings (SSSR count). The largest absolute Gasteiger partial charge is 0.335 e. The van der Waals surface area contributed by atoms with Crippen molar-refractivity contribution < 1.29 is 4.79 Å². The van der Waals surface area contributed by atoms with Crippen LogP contribution in [0, 0.1) is 0 Å². The summed E-state index contributed by atoms with van der Waals surface area (Å²) in [7, 11) is 0. The standard InChI is InChI=1S/C16H23N3O/c20-15(17-12-13-5-2-1-3-6-13)19-14-7-10-18-16(11-14)8-4-9-16/h1-3,5-6,14,18H,4,7-12H2,(H2,17,19,20). The lowest BCUT2D eigenvalue weighted by Gasteiger charge is -2.48. The Hall–Kier alpha value is -1.55. The molecule has 1 aliphatic heterocycles. The first kappa shape index (κ1) is 13.4. The van der Waals surface area contributed by atoms with Crippen molar-refractivity contribution in [2.24, 2.45) is 0 Å². The summed E-state index contributed by atoms with van der Waals surface area (Å²) < 4.78 is 0. The molecule has 1 spiro atoms. The molecule has 2 amide bonds. The molecule has 1 aromatic rings. The Morgan fingerprint density at radius 1 is 1.30 bits per heavy atom. The minimum absolute atomic E-state index is 0.0461. The molecular formula is C16H23N3O. The quantitative estimate of drug-likeness (QED) is 0.790. The van der Waals surface area contributed by atoms with Crippen LogP contribution in [0.25, 0.3) is 0 Å². The van der Waals surface area contributed by atoms with Crippen LogP contribution in [0.5, 0.6) is 0 Å². The van der Waals surface area contributed by atoms with Gasteiger partial charge in [0.15, 0.2) is 0 Å². The Morgan fingerprint density at radius 2 is 2.10 bits per heavy atom. The molecule has 1 aromatic carbocycles. The summed E-state index contributed by atoms with van der Waals surface area (Å²) in [4.78, 5) is 12.0. The van der Waals surface area contributed by atoms with E-state index in [4.69, 9.17) is 0 Å². The Morgan fingerprint density at radius 3 is 2.80 bits per heavy atom. The molecule has 0 aromatic heterocycles. The molecule has 1 atom stereocenters. The van der Waals surface area contributed by atoms with Gasteiger partial charge in [0, 0.05) is 18.1 Å².